The lowest BCUT2D eigenvalue weighted by molar-refractivity contribution is 0.211. The largest absolute Gasteiger partial charge is 0.483 e. The molecule has 25 heavy (non-hydrogen) atoms. The normalized spacial score (nSPS) is 14.6. The Morgan fingerprint density at radius 2 is 1.84 bits per heavy atom. The quantitative estimate of drug-likeness (QED) is 0.681. The van der Waals surface area contributed by atoms with Gasteiger partial charge in [0.15, 0.2) is 11.9 Å². The third-order valence-corrected chi connectivity index (χ3v) is 4.97. The maximum atomic E-state index is 5.96. The van der Waals surface area contributed by atoms with Crippen molar-refractivity contribution < 1.29 is 4.74 Å². The van der Waals surface area contributed by atoms with E-state index in [0.29, 0.717) is 10.8 Å². The zero-order chi connectivity index (χ0) is 17.2. The van der Waals surface area contributed by atoms with Gasteiger partial charge in [-0.2, -0.15) is 9.78 Å². The Balaban J connectivity index is 1.62. The van der Waals surface area contributed by atoms with Crippen LogP contribution in [0.1, 0.15) is 24.4 Å². The number of rotatable bonds is 4. The second-order valence-electron chi connectivity index (χ2n) is 5.57. The Hall–Kier alpha value is -2.31. The highest BCUT2D eigenvalue weighted by Gasteiger charge is 2.23. The van der Waals surface area contributed by atoms with E-state index in [1.165, 1.54) is 0 Å². The molecule has 7 heteroatoms. The van der Waals surface area contributed by atoms with Crippen molar-refractivity contribution >= 4 is 29.1 Å². The molecule has 0 aliphatic carbocycles. The minimum atomic E-state index is -0.290. The molecule has 2 heterocycles. The van der Waals surface area contributed by atoms with Gasteiger partial charge < -0.3 is 4.74 Å². The topological polar surface area (TPSA) is 52.3 Å². The molecule has 1 unspecified atom stereocenters. The first-order valence-electron chi connectivity index (χ1n) is 7.84. The van der Waals surface area contributed by atoms with E-state index in [2.05, 4.69) is 22.3 Å². The van der Waals surface area contributed by atoms with Crippen LogP contribution < -0.4 is 4.74 Å². The second-order valence-corrected chi connectivity index (χ2v) is 6.95. The molecule has 126 valence electrons. The molecule has 2 aromatic carbocycles. The molecular weight excluding hydrogens is 356 g/mol. The van der Waals surface area contributed by atoms with E-state index < -0.39 is 0 Å². The van der Waals surface area contributed by atoms with Crippen LogP contribution in [0.4, 0.5) is 0 Å². The molecule has 1 aliphatic heterocycles. The summed E-state index contributed by atoms with van der Waals surface area (Å²) in [6.45, 7) is 1.93. The Bertz CT molecular complexity index is 909. The summed E-state index contributed by atoms with van der Waals surface area (Å²) >= 11 is 7.54. The molecule has 1 aliphatic rings. The first-order chi connectivity index (χ1) is 12.2. The van der Waals surface area contributed by atoms with Gasteiger partial charge in [-0.15, -0.1) is 10.2 Å². The van der Waals surface area contributed by atoms with Crippen LogP contribution in [0.2, 0.25) is 5.02 Å². The maximum absolute atomic E-state index is 5.96. The first-order valence-corrected chi connectivity index (χ1v) is 9.20. The summed E-state index contributed by atoms with van der Waals surface area (Å²) in [5, 5.41) is 14.7. The monoisotopic (exact) mass is 370 g/mol. The fourth-order valence-corrected chi connectivity index (χ4v) is 3.51. The van der Waals surface area contributed by atoms with E-state index in [1.807, 2.05) is 37.3 Å². The van der Waals surface area contributed by atoms with Gasteiger partial charge in [0.1, 0.15) is 5.75 Å². The molecule has 0 spiro atoms. The third kappa shape index (κ3) is 3.41. The molecule has 0 saturated carbocycles. The summed E-state index contributed by atoms with van der Waals surface area (Å²) in [6, 6.07) is 17.4. The number of thioether (sulfide) groups is 1. The van der Waals surface area contributed by atoms with Gasteiger partial charge in [0, 0.05) is 10.8 Å². The smallest absolute Gasteiger partial charge is 0.212 e. The van der Waals surface area contributed by atoms with Gasteiger partial charge in [-0.25, -0.2) is 0 Å². The van der Waals surface area contributed by atoms with E-state index in [-0.39, 0.29) is 6.10 Å². The van der Waals surface area contributed by atoms with Gasteiger partial charge in [-0.05, 0) is 36.8 Å². The van der Waals surface area contributed by atoms with Crippen LogP contribution in [0, 0.1) is 0 Å². The van der Waals surface area contributed by atoms with Gasteiger partial charge in [-0.3, -0.25) is 0 Å². The summed E-state index contributed by atoms with van der Waals surface area (Å²) in [7, 11) is 0. The average Bonchev–Trinajstić information content (AvgIpc) is 3.07. The lowest BCUT2D eigenvalue weighted by Gasteiger charge is -2.17. The van der Waals surface area contributed by atoms with Gasteiger partial charge in [0.25, 0.3) is 0 Å². The van der Waals surface area contributed by atoms with E-state index >= 15 is 0 Å². The van der Waals surface area contributed by atoms with Crippen molar-refractivity contribution in [2.75, 3.05) is 5.75 Å². The molecule has 3 aromatic rings. The fourth-order valence-electron chi connectivity index (χ4n) is 2.54. The molecule has 0 fully saturated rings. The number of hydrogen-bond donors (Lipinski definition) is 0. The zero-order valence-electron chi connectivity index (χ0n) is 13.5. The molecule has 1 aromatic heterocycles. The summed E-state index contributed by atoms with van der Waals surface area (Å²) < 4.78 is 7.74. The van der Waals surface area contributed by atoms with Crippen LogP contribution >= 0.6 is 23.4 Å². The first kappa shape index (κ1) is 16.2. The van der Waals surface area contributed by atoms with Crippen LogP contribution in [0.3, 0.4) is 0 Å². The summed E-state index contributed by atoms with van der Waals surface area (Å²) in [5.74, 6) is 2.17. The Morgan fingerprint density at radius 1 is 1.08 bits per heavy atom. The molecule has 0 N–H and O–H groups in total. The molecule has 1 atom stereocenters. The highest BCUT2D eigenvalue weighted by Crippen LogP contribution is 2.28. The molecule has 4 rings (SSSR count). The molecule has 5 nitrogen and oxygen atoms in total. The van der Waals surface area contributed by atoms with Gasteiger partial charge in [0.05, 0.1) is 5.71 Å². The van der Waals surface area contributed by atoms with E-state index in [4.69, 9.17) is 21.4 Å². The standard InChI is InChI=1S/C18H15ClN4OS/c1-12(24-15-9-7-14(19)8-10-15)17-20-21-18-23(17)22-16(11-25-18)13-5-3-2-4-6-13/h2-10,12H,11H2,1H3. The van der Waals surface area contributed by atoms with Crippen molar-refractivity contribution in [1.82, 2.24) is 14.9 Å². The predicted molar refractivity (Wildman–Crippen MR) is 99.6 cm³/mol. The number of hydrogen-bond acceptors (Lipinski definition) is 5. The molecular formula is C18H15ClN4OS. The van der Waals surface area contributed by atoms with Gasteiger partial charge >= 0.3 is 0 Å². The van der Waals surface area contributed by atoms with Gasteiger partial charge in [0.2, 0.25) is 5.16 Å². The van der Waals surface area contributed by atoms with Crippen molar-refractivity contribution in [2.45, 2.75) is 18.2 Å². The lowest BCUT2D eigenvalue weighted by atomic mass is 10.1. The fraction of sp³-hybridized carbons (Fsp3) is 0.167. The SMILES string of the molecule is CC(Oc1ccc(Cl)cc1)c1nnc2n1N=C(c1ccccc1)CS2. The third-order valence-electron chi connectivity index (χ3n) is 3.79. The number of halogens is 1. The van der Waals surface area contributed by atoms with Crippen LogP contribution in [0.5, 0.6) is 5.75 Å². The average molecular weight is 371 g/mol. The Morgan fingerprint density at radius 3 is 2.60 bits per heavy atom. The number of aromatic nitrogens is 3. The van der Waals surface area contributed by atoms with Crippen LogP contribution in [-0.2, 0) is 0 Å². The number of fused-ring (bicyclic) bond motifs is 1. The Kier molecular flexibility index (Phi) is 4.46. The second kappa shape index (κ2) is 6.90. The summed E-state index contributed by atoms with van der Waals surface area (Å²) in [5.41, 5.74) is 2.10. The van der Waals surface area contributed by atoms with Crippen LogP contribution in [-0.4, -0.2) is 26.3 Å². The number of benzene rings is 2. The van der Waals surface area contributed by atoms with Crippen molar-refractivity contribution in [1.29, 1.82) is 0 Å². The van der Waals surface area contributed by atoms with Crippen molar-refractivity contribution in [3.8, 4) is 5.75 Å². The molecule has 0 bridgehead atoms. The minimum Gasteiger partial charge on any atom is -0.483 e. The maximum Gasteiger partial charge on any atom is 0.212 e. The Labute approximate surface area is 154 Å². The van der Waals surface area contributed by atoms with Gasteiger partial charge in [-0.1, -0.05) is 53.7 Å². The van der Waals surface area contributed by atoms with Crippen LogP contribution in [0.15, 0.2) is 64.9 Å². The molecule has 0 amide bonds. The lowest BCUT2D eigenvalue weighted by Crippen LogP contribution is -2.17. The van der Waals surface area contributed by atoms with E-state index in [9.17, 15) is 0 Å². The predicted octanol–water partition coefficient (Wildman–Crippen LogP) is 4.43. The summed E-state index contributed by atoms with van der Waals surface area (Å²) in [6.07, 6.45) is -0.290. The van der Waals surface area contributed by atoms with Crippen LogP contribution in [0.25, 0.3) is 0 Å². The van der Waals surface area contributed by atoms with Crippen molar-refractivity contribution in [3.63, 3.8) is 0 Å². The number of ether oxygens (including phenoxy) is 1. The van der Waals surface area contributed by atoms with Crippen molar-refractivity contribution in [3.05, 3.63) is 71.0 Å². The number of nitrogens with zero attached hydrogens (tertiary/aromatic N) is 4. The molecule has 0 radical (unpaired) electrons. The minimum absolute atomic E-state index is 0.290. The summed E-state index contributed by atoms with van der Waals surface area (Å²) in [4.78, 5) is 0. The van der Waals surface area contributed by atoms with E-state index in [0.717, 1.165) is 27.9 Å². The highest BCUT2D eigenvalue weighted by atomic mass is 35.5. The molecule has 0 saturated heterocycles. The zero-order valence-corrected chi connectivity index (χ0v) is 15.0. The van der Waals surface area contributed by atoms with E-state index in [1.54, 1.807) is 28.6 Å². The van der Waals surface area contributed by atoms with Crippen molar-refractivity contribution in [2.24, 2.45) is 5.10 Å². The highest BCUT2D eigenvalue weighted by molar-refractivity contribution is 7.99.